The normalized spacial score (nSPS) is 12.3. The summed E-state index contributed by atoms with van der Waals surface area (Å²) < 4.78 is 52.0. The Balaban J connectivity index is 1.52. The van der Waals surface area contributed by atoms with Gasteiger partial charge in [-0.3, -0.25) is 0 Å². The predicted molar refractivity (Wildman–Crippen MR) is 124 cm³/mol. The monoisotopic (exact) mass is 464 g/mol. The van der Waals surface area contributed by atoms with Crippen LogP contribution in [0, 0.1) is 6.92 Å². The number of rotatable bonds is 6. The van der Waals surface area contributed by atoms with Crippen LogP contribution in [0.1, 0.15) is 5.56 Å². The van der Waals surface area contributed by atoms with Crippen LogP contribution < -0.4 is 4.74 Å². The molecule has 4 rings (SSSR count). The van der Waals surface area contributed by atoms with Crippen LogP contribution >= 0.6 is 0 Å². The first kappa shape index (κ1) is 22.0. The van der Waals surface area contributed by atoms with E-state index >= 15 is 0 Å². The van der Waals surface area contributed by atoms with Crippen molar-refractivity contribution >= 4 is 20.9 Å². The Hall–Kier alpha value is -3.26. The summed E-state index contributed by atoms with van der Waals surface area (Å²) in [7, 11) is -3.68. The Morgan fingerprint density at radius 2 is 1.06 bits per heavy atom. The smallest absolute Gasteiger partial charge is 0.206 e. The van der Waals surface area contributed by atoms with E-state index in [1.54, 1.807) is 60.7 Å². The van der Waals surface area contributed by atoms with E-state index in [4.69, 9.17) is 9.29 Å². The molecule has 0 spiro atoms. The Morgan fingerprint density at radius 1 is 0.656 bits per heavy atom. The molecule has 0 saturated carbocycles. The van der Waals surface area contributed by atoms with Gasteiger partial charge in [0.25, 0.3) is 0 Å². The summed E-state index contributed by atoms with van der Waals surface area (Å²) in [5, 5.41) is 0. The summed E-state index contributed by atoms with van der Waals surface area (Å²) in [5.41, 5.74) is 2.75. The summed E-state index contributed by atoms with van der Waals surface area (Å²) in [5.74, 6) is 1.23. The van der Waals surface area contributed by atoms with Gasteiger partial charge >= 0.3 is 0 Å². The van der Waals surface area contributed by atoms with Gasteiger partial charge in [0.1, 0.15) is 11.5 Å². The molecule has 0 fully saturated rings. The van der Waals surface area contributed by atoms with E-state index in [2.05, 4.69) is 0 Å². The van der Waals surface area contributed by atoms with Crippen LogP contribution in [0.15, 0.2) is 112 Å². The Bertz CT molecular complexity index is 1340. The summed E-state index contributed by atoms with van der Waals surface area (Å²) in [6.45, 7) is 1.99. The van der Waals surface area contributed by atoms with Crippen LogP contribution in [0.3, 0.4) is 0 Å². The third-order valence-electron chi connectivity index (χ3n) is 4.94. The lowest BCUT2D eigenvalue weighted by atomic mass is 10.1. The number of hydrogen-bond acceptors (Lipinski definition) is 4. The molecule has 0 aliphatic heterocycles. The fourth-order valence-electron chi connectivity index (χ4n) is 3.16. The van der Waals surface area contributed by atoms with Crippen molar-refractivity contribution in [3.63, 3.8) is 0 Å². The van der Waals surface area contributed by atoms with Crippen molar-refractivity contribution in [2.24, 2.45) is 0 Å². The maximum atomic E-state index is 13.0. The first-order valence-electron chi connectivity index (χ1n) is 9.74. The molecule has 32 heavy (non-hydrogen) atoms. The van der Waals surface area contributed by atoms with E-state index in [1.807, 2.05) is 31.2 Å². The van der Waals surface area contributed by atoms with Crippen molar-refractivity contribution < 1.29 is 21.9 Å². The van der Waals surface area contributed by atoms with Gasteiger partial charge in [-0.15, -0.1) is 0 Å². The molecule has 4 aromatic rings. The van der Waals surface area contributed by atoms with Gasteiger partial charge in [0.05, 0.1) is 14.7 Å². The number of sulfone groups is 1. The van der Waals surface area contributed by atoms with Crippen molar-refractivity contribution in [3.05, 3.63) is 103 Å². The molecule has 5 nitrogen and oxygen atoms in total. The van der Waals surface area contributed by atoms with Gasteiger partial charge in [-0.2, -0.15) is 0 Å². The molecule has 4 aromatic carbocycles. The Morgan fingerprint density at radius 3 is 1.53 bits per heavy atom. The van der Waals surface area contributed by atoms with Crippen molar-refractivity contribution in [2.45, 2.75) is 21.6 Å². The fourth-order valence-corrected chi connectivity index (χ4v) is 4.79. The first-order chi connectivity index (χ1) is 15.3. The number of ether oxygens (including phenoxy) is 1. The molecule has 0 saturated heterocycles. The lowest BCUT2D eigenvalue weighted by Gasteiger charge is -2.09. The highest BCUT2D eigenvalue weighted by molar-refractivity contribution is 7.91. The molecule has 0 aliphatic carbocycles. The highest BCUT2D eigenvalue weighted by Crippen LogP contribution is 2.28. The van der Waals surface area contributed by atoms with E-state index < -0.39 is 20.9 Å². The molecule has 0 bridgehead atoms. The van der Waals surface area contributed by atoms with Crippen LogP contribution in [0.25, 0.3) is 11.1 Å². The number of benzene rings is 4. The number of aryl methyl sites for hydroxylation is 1. The standard InChI is InChI=1S/C25H20O5S2/c1-18-2-8-21(9-3-18)30-22-10-16-25(17-11-22)32(28,29)24-14-6-20(7-15-24)19-4-12-23(13-5-19)31(26)27/h2-17H,1H3,(H,26,27). The van der Waals surface area contributed by atoms with Crippen LogP contribution in [0.4, 0.5) is 0 Å². The van der Waals surface area contributed by atoms with Crippen LogP contribution in [0.2, 0.25) is 0 Å². The zero-order chi connectivity index (χ0) is 22.7. The summed E-state index contributed by atoms with van der Waals surface area (Å²) >= 11 is -2.03. The van der Waals surface area contributed by atoms with Crippen molar-refractivity contribution in [1.82, 2.24) is 0 Å². The van der Waals surface area contributed by atoms with Crippen LogP contribution in [0.5, 0.6) is 11.5 Å². The fraction of sp³-hybridized carbons (Fsp3) is 0.0400. The third kappa shape index (κ3) is 4.80. The molecule has 162 valence electrons. The predicted octanol–water partition coefficient (Wildman–Crippen LogP) is 5.87. The lowest BCUT2D eigenvalue weighted by molar-refractivity contribution is 0.482. The zero-order valence-corrected chi connectivity index (χ0v) is 18.8. The maximum absolute atomic E-state index is 13.0. The Kier molecular flexibility index (Phi) is 6.23. The van der Waals surface area contributed by atoms with Gasteiger partial charge in [-0.1, -0.05) is 42.0 Å². The van der Waals surface area contributed by atoms with Crippen molar-refractivity contribution in [3.8, 4) is 22.6 Å². The van der Waals surface area contributed by atoms with Gasteiger partial charge in [-0.05, 0) is 78.7 Å². The van der Waals surface area contributed by atoms with Crippen LogP contribution in [-0.2, 0) is 20.9 Å². The molecule has 0 aromatic heterocycles. The second kappa shape index (κ2) is 9.08. The minimum absolute atomic E-state index is 0.177. The van der Waals surface area contributed by atoms with Crippen LogP contribution in [-0.4, -0.2) is 17.2 Å². The lowest BCUT2D eigenvalue weighted by Crippen LogP contribution is -2.01. The largest absolute Gasteiger partial charge is 0.457 e. The first-order valence-corrected chi connectivity index (χ1v) is 12.3. The minimum atomic E-state index is -3.68. The van der Waals surface area contributed by atoms with Gasteiger partial charge in [-0.25, -0.2) is 12.6 Å². The topological polar surface area (TPSA) is 80.7 Å². The maximum Gasteiger partial charge on any atom is 0.206 e. The van der Waals surface area contributed by atoms with E-state index in [0.717, 1.165) is 16.7 Å². The van der Waals surface area contributed by atoms with Gasteiger partial charge in [0.2, 0.25) is 9.84 Å². The quantitative estimate of drug-likeness (QED) is 0.361. The second-order valence-electron chi connectivity index (χ2n) is 7.19. The highest BCUT2D eigenvalue weighted by atomic mass is 32.2. The molecule has 0 radical (unpaired) electrons. The molecule has 0 amide bonds. The van der Waals surface area contributed by atoms with Gasteiger partial charge in [0.15, 0.2) is 11.1 Å². The zero-order valence-electron chi connectivity index (χ0n) is 17.1. The molecular weight excluding hydrogens is 444 g/mol. The van der Waals surface area contributed by atoms with Gasteiger partial charge in [0, 0.05) is 0 Å². The second-order valence-corrected chi connectivity index (χ2v) is 10.1. The summed E-state index contributed by atoms with van der Waals surface area (Å²) in [6.07, 6.45) is 0. The van der Waals surface area contributed by atoms with E-state index in [-0.39, 0.29) is 9.79 Å². The highest BCUT2D eigenvalue weighted by Gasteiger charge is 2.18. The molecule has 1 atom stereocenters. The molecule has 0 heterocycles. The third-order valence-corrected chi connectivity index (χ3v) is 7.41. The molecule has 1 N–H and O–H groups in total. The molecule has 0 aliphatic rings. The summed E-state index contributed by atoms with van der Waals surface area (Å²) in [4.78, 5) is 0.667. The summed E-state index contributed by atoms with van der Waals surface area (Å²) in [6, 6.07) is 27.0. The average molecular weight is 465 g/mol. The van der Waals surface area contributed by atoms with E-state index in [1.165, 1.54) is 12.1 Å². The molecule has 7 heteroatoms. The average Bonchev–Trinajstić information content (AvgIpc) is 2.81. The molecule has 1 unspecified atom stereocenters. The van der Waals surface area contributed by atoms with E-state index in [9.17, 15) is 12.6 Å². The van der Waals surface area contributed by atoms with Gasteiger partial charge < -0.3 is 9.29 Å². The van der Waals surface area contributed by atoms with E-state index in [0.29, 0.717) is 16.4 Å². The van der Waals surface area contributed by atoms with Crippen molar-refractivity contribution in [1.29, 1.82) is 0 Å². The SMILES string of the molecule is Cc1ccc(Oc2ccc(S(=O)(=O)c3ccc(-c4ccc(S(=O)O)cc4)cc3)cc2)cc1. The van der Waals surface area contributed by atoms with Crippen molar-refractivity contribution in [2.75, 3.05) is 0 Å². The minimum Gasteiger partial charge on any atom is -0.457 e. The molecular formula is C25H20O5S2. The number of hydrogen-bond donors (Lipinski definition) is 1. The Labute approximate surface area is 189 Å².